The first-order valence-corrected chi connectivity index (χ1v) is 6.51. The number of aromatic nitrogens is 3. The van der Waals surface area contributed by atoms with E-state index in [2.05, 4.69) is 46.1 Å². The first-order valence-electron chi connectivity index (χ1n) is 5.73. The van der Waals surface area contributed by atoms with Gasteiger partial charge in [-0.15, -0.1) is 0 Å². The molecule has 1 heterocycles. The number of anilines is 1. The van der Waals surface area contributed by atoms with Crippen molar-refractivity contribution in [2.75, 3.05) is 19.0 Å². The molecule has 1 aromatic heterocycles. The fraction of sp³-hybridized carbons (Fsp3) is 0.417. The lowest BCUT2D eigenvalue weighted by molar-refractivity contribution is 0.406. The minimum absolute atomic E-state index is 0.748. The van der Waals surface area contributed by atoms with E-state index in [0.29, 0.717) is 0 Å². The van der Waals surface area contributed by atoms with E-state index >= 15 is 0 Å². The molecule has 2 aromatic rings. The fourth-order valence-corrected chi connectivity index (χ4v) is 2.42. The molecule has 18 heavy (non-hydrogen) atoms. The zero-order valence-electron chi connectivity index (χ0n) is 10.7. The van der Waals surface area contributed by atoms with Crippen LogP contribution in [0.1, 0.15) is 16.7 Å². The van der Waals surface area contributed by atoms with Crippen molar-refractivity contribution in [3.8, 4) is 5.75 Å². The second-order valence-electron chi connectivity index (χ2n) is 4.12. The summed E-state index contributed by atoms with van der Waals surface area (Å²) in [5.74, 6) is 0.970. The van der Waals surface area contributed by atoms with Crippen molar-refractivity contribution < 1.29 is 4.74 Å². The molecule has 0 aliphatic carbocycles. The summed E-state index contributed by atoms with van der Waals surface area (Å²) in [5.41, 5.74) is 3.63. The maximum absolute atomic E-state index is 5.45. The Morgan fingerprint density at radius 3 is 2.83 bits per heavy atom. The maximum Gasteiger partial charge on any atom is 0.225 e. The van der Waals surface area contributed by atoms with E-state index in [1.54, 1.807) is 7.11 Å². The van der Waals surface area contributed by atoms with Gasteiger partial charge in [-0.2, -0.15) is 0 Å². The molecule has 1 aromatic carbocycles. The van der Waals surface area contributed by atoms with Gasteiger partial charge in [0.25, 0.3) is 0 Å². The van der Waals surface area contributed by atoms with Crippen LogP contribution in [0.3, 0.4) is 0 Å². The fourth-order valence-electron chi connectivity index (χ4n) is 2.03. The predicted molar refractivity (Wildman–Crippen MR) is 72.4 cm³/mol. The molecule has 0 aliphatic heterocycles. The van der Waals surface area contributed by atoms with Gasteiger partial charge >= 0.3 is 0 Å². The molecule has 5 nitrogen and oxygen atoms in total. The SMILES string of the molecule is COc1c(C)cc(C)cc1CCNc1nnns1. The van der Waals surface area contributed by atoms with Crippen LogP contribution in [0.4, 0.5) is 5.13 Å². The monoisotopic (exact) mass is 264 g/mol. The number of nitrogens with zero attached hydrogens (tertiary/aromatic N) is 3. The Morgan fingerprint density at radius 2 is 2.17 bits per heavy atom. The first-order chi connectivity index (χ1) is 8.70. The predicted octanol–water partition coefficient (Wildman–Crippen LogP) is 2.21. The molecule has 1 N–H and O–H groups in total. The Balaban J connectivity index is 2.04. The summed E-state index contributed by atoms with van der Waals surface area (Å²) < 4.78 is 9.16. The summed E-state index contributed by atoms with van der Waals surface area (Å²) in [5, 5.41) is 11.3. The number of hydrogen-bond donors (Lipinski definition) is 1. The number of benzene rings is 1. The number of ether oxygens (including phenoxy) is 1. The highest BCUT2D eigenvalue weighted by Crippen LogP contribution is 2.25. The van der Waals surface area contributed by atoms with Crippen LogP contribution in [0.25, 0.3) is 0 Å². The Morgan fingerprint density at radius 1 is 1.33 bits per heavy atom. The van der Waals surface area contributed by atoms with Crippen molar-refractivity contribution in [3.63, 3.8) is 0 Å². The highest BCUT2D eigenvalue weighted by molar-refractivity contribution is 7.09. The Hall–Kier alpha value is -1.69. The summed E-state index contributed by atoms with van der Waals surface area (Å²) in [6, 6.07) is 4.29. The van der Waals surface area contributed by atoms with Gasteiger partial charge in [0.05, 0.1) is 7.11 Å². The van der Waals surface area contributed by atoms with Crippen LogP contribution >= 0.6 is 11.5 Å². The van der Waals surface area contributed by atoms with E-state index in [0.717, 1.165) is 23.8 Å². The minimum atomic E-state index is 0.748. The van der Waals surface area contributed by atoms with Crippen molar-refractivity contribution in [1.29, 1.82) is 0 Å². The van der Waals surface area contributed by atoms with Crippen LogP contribution in [0.2, 0.25) is 0 Å². The molecule has 0 fully saturated rings. The van der Waals surface area contributed by atoms with Crippen LogP contribution in [0.15, 0.2) is 12.1 Å². The van der Waals surface area contributed by atoms with E-state index in [1.165, 1.54) is 28.2 Å². The molecule has 0 amide bonds. The van der Waals surface area contributed by atoms with Crippen molar-refractivity contribution in [1.82, 2.24) is 14.8 Å². The molecular formula is C12H16N4OS. The van der Waals surface area contributed by atoms with E-state index in [1.807, 2.05) is 0 Å². The van der Waals surface area contributed by atoms with E-state index in [4.69, 9.17) is 4.74 Å². The summed E-state index contributed by atoms with van der Waals surface area (Å²) >= 11 is 1.26. The second-order valence-corrected chi connectivity index (χ2v) is 4.85. The van der Waals surface area contributed by atoms with Crippen molar-refractivity contribution in [2.45, 2.75) is 20.3 Å². The van der Waals surface area contributed by atoms with E-state index < -0.39 is 0 Å². The van der Waals surface area contributed by atoms with Gasteiger partial charge in [0, 0.05) is 18.1 Å². The number of hydrogen-bond acceptors (Lipinski definition) is 6. The van der Waals surface area contributed by atoms with Gasteiger partial charge < -0.3 is 10.1 Å². The minimum Gasteiger partial charge on any atom is -0.496 e. The standard InChI is InChI=1S/C12H16N4OS/c1-8-6-9(2)11(17-3)10(7-8)4-5-13-12-14-15-16-18-12/h6-7H,4-5H2,1-3H3,(H,13,14,16). The Bertz CT molecular complexity index is 513. The lowest BCUT2D eigenvalue weighted by Gasteiger charge is -2.12. The number of nitrogens with one attached hydrogen (secondary N) is 1. The van der Waals surface area contributed by atoms with E-state index in [-0.39, 0.29) is 0 Å². The Kier molecular flexibility index (Phi) is 4.09. The van der Waals surface area contributed by atoms with Crippen LogP contribution in [-0.4, -0.2) is 28.5 Å². The molecule has 0 aliphatic rings. The molecule has 0 unspecified atom stereocenters. The zero-order chi connectivity index (χ0) is 13.0. The summed E-state index contributed by atoms with van der Waals surface area (Å²) in [7, 11) is 1.71. The average Bonchev–Trinajstić information content (AvgIpc) is 2.81. The van der Waals surface area contributed by atoms with Gasteiger partial charge in [-0.3, -0.25) is 0 Å². The van der Waals surface area contributed by atoms with Gasteiger partial charge in [0.1, 0.15) is 5.75 Å². The van der Waals surface area contributed by atoms with Crippen molar-refractivity contribution in [3.05, 3.63) is 28.8 Å². The molecule has 0 radical (unpaired) electrons. The Labute approximate surface area is 110 Å². The first kappa shape index (κ1) is 12.8. The van der Waals surface area contributed by atoms with Gasteiger partial charge in [0.2, 0.25) is 5.13 Å². The molecule has 0 saturated heterocycles. The third kappa shape index (κ3) is 2.95. The normalized spacial score (nSPS) is 10.4. The molecule has 0 atom stereocenters. The van der Waals surface area contributed by atoms with Gasteiger partial charge in [-0.1, -0.05) is 27.3 Å². The van der Waals surface area contributed by atoms with Crippen LogP contribution in [0.5, 0.6) is 5.75 Å². The molecular weight excluding hydrogens is 248 g/mol. The summed E-state index contributed by atoms with van der Waals surface area (Å²) in [4.78, 5) is 0. The molecule has 0 spiro atoms. The lowest BCUT2D eigenvalue weighted by atomic mass is 10.0. The van der Waals surface area contributed by atoms with Gasteiger partial charge in [-0.25, -0.2) is 0 Å². The molecule has 0 bridgehead atoms. The molecule has 6 heteroatoms. The number of rotatable bonds is 5. The molecule has 2 rings (SSSR count). The summed E-state index contributed by atoms with van der Waals surface area (Å²) in [6.07, 6.45) is 0.880. The molecule has 0 saturated carbocycles. The van der Waals surface area contributed by atoms with Gasteiger partial charge in [0.15, 0.2) is 0 Å². The largest absolute Gasteiger partial charge is 0.496 e. The maximum atomic E-state index is 5.45. The summed E-state index contributed by atoms with van der Waals surface area (Å²) in [6.45, 7) is 4.95. The molecule has 96 valence electrons. The van der Waals surface area contributed by atoms with Crippen LogP contribution < -0.4 is 10.1 Å². The van der Waals surface area contributed by atoms with Crippen LogP contribution in [-0.2, 0) is 6.42 Å². The highest BCUT2D eigenvalue weighted by Gasteiger charge is 2.07. The van der Waals surface area contributed by atoms with Gasteiger partial charge in [-0.05, 0) is 36.6 Å². The quantitative estimate of drug-likeness (QED) is 0.897. The lowest BCUT2D eigenvalue weighted by Crippen LogP contribution is -2.06. The highest BCUT2D eigenvalue weighted by atomic mass is 32.1. The topological polar surface area (TPSA) is 59.9 Å². The number of aryl methyl sites for hydroxylation is 2. The third-order valence-electron chi connectivity index (χ3n) is 2.67. The average molecular weight is 264 g/mol. The third-order valence-corrected chi connectivity index (χ3v) is 3.22. The van der Waals surface area contributed by atoms with Crippen molar-refractivity contribution >= 4 is 16.7 Å². The zero-order valence-corrected chi connectivity index (χ0v) is 11.5. The van der Waals surface area contributed by atoms with Crippen LogP contribution in [0, 0.1) is 13.8 Å². The van der Waals surface area contributed by atoms with Crippen molar-refractivity contribution in [2.24, 2.45) is 0 Å². The smallest absolute Gasteiger partial charge is 0.225 e. The van der Waals surface area contributed by atoms with E-state index in [9.17, 15) is 0 Å². The second kappa shape index (κ2) is 5.77. The number of methoxy groups -OCH3 is 1.